The van der Waals surface area contributed by atoms with Crippen molar-refractivity contribution in [2.45, 2.75) is 5.03 Å². The van der Waals surface area contributed by atoms with E-state index in [1.54, 1.807) is 6.07 Å². The zero-order valence-electron chi connectivity index (χ0n) is 13.8. The molecule has 0 radical (unpaired) electrons. The lowest BCUT2D eigenvalue weighted by Crippen LogP contribution is -2.37. The van der Waals surface area contributed by atoms with Gasteiger partial charge >= 0.3 is 11.7 Å². The Labute approximate surface area is 149 Å². The highest BCUT2D eigenvalue weighted by Crippen LogP contribution is 2.26. The summed E-state index contributed by atoms with van der Waals surface area (Å²) in [5.41, 5.74) is -0.806. The molecule has 3 rings (SSSR count). The Kier molecular flexibility index (Phi) is 4.60. The Hall–Kier alpha value is -3.01. The van der Waals surface area contributed by atoms with Gasteiger partial charge in [0.15, 0.2) is 11.5 Å². The first kappa shape index (κ1) is 17.8. The molecule has 0 saturated carbocycles. The molecular weight excluding hydrogens is 363 g/mol. The van der Waals surface area contributed by atoms with Crippen LogP contribution in [0.15, 0.2) is 38.9 Å². The van der Waals surface area contributed by atoms with Crippen LogP contribution >= 0.6 is 11.8 Å². The second kappa shape index (κ2) is 6.71. The average molecular weight is 376 g/mol. The molecule has 1 N–H and O–H groups in total. The van der Waals surface area contributed by atoms with Gasteiger partial charge in [0.1, 0.15) is 16.2 Å². The van der Waals surface area contributed by atoms with Gasteiger partial charge in [-0.3, -0.25) is 18.7 Å². The average Bonchev–Trinajstić information content (AvgIpc) is 2.62. The minimum Gasteiger partial charge on any atom is -0.481 e. The molecule has 3 aromatic rings. The number of benzene rings is 1. The van der Waals surface area contributed by atoms with E-state index in [0.29, 0.717) is 5.56 Å². The molecule has 2 aromatic heterocycles. The molecule has 0 bridgehead atoms. The van der Waals surface area contributed by atoms with Crippen molar-refractivity contribution in [2.75, 3.05) is 5.75 Å². The van der Waals surface area contributed by atoms with E-state index in [2.05, 4.69) is 9.97 Å². The van der Waals surface area contributed by atoms with Crippen molar-refractivity contribution in [1.29, 1.82) is 0 Å². The predicted molar refractivity (Wildman–Crippen MR) is 93.8 cm³/mol. The number of rotatable bonds is 4. The van der Waals surface area contributed by atoms with Gasteiger partial charge in [-0.2, -0.15) is 0 Å². The Bertz CT molecular complexity index is 1160. The fraction of sp³-hybridized carbons (Fsp3) is 0.188. The van der Waals surface area contributed by atoms with E-state index >= 15 is 0 Å². The number of carboxylic acid groups (broad SMARTS) is 1. The van der Waals surface area contributed by atoms with E-state index in [1.807, 2.05) is 0 Å². The summed E-state index contributed by atoms with van der Waals surface area (Å²) in [5.74, 6) is -1.83. The molecule has 8 nitrogen and oxygen atoms in total. The number of carbonyl (C=O) groups is 1. The highest BCUT2D eigenvalue weighted by atomic mass is 32.2. The van der Waals surface area contributed by atoms with Crippen molar-refractivity contribution in [3.8, 4) is 11.4 Å². The number of thioether (sulfide) groups is 1. The summed E-state index contributed by atoms with van der Waals surface area (Å²) in [5, 5.41) is 9.10. The van der Waals surface area contributed by atoms with Crippen LogP contribution in [0, 0.1) is 5.82 Å². The summed E-state index contributed by atoms with van der Waals surface area (Å²) in [4.78, 5) is 44.1. The van der Waals surface area contributed by atoms with E-state index in [9.17, 15) is 18.8 Å². The number of hydrogen-bond donors (Lipinski definition) is 1. The third-order valence-corrected chi connectivity index (χ3v) is 4.64. The summed E-state index contributed by atoms with van der Waals surface area (Å²) in [6.45, 7) is 0. The lowest BCUT2D eigenvalue weighted by atomic mass is 10.2. The minimum absolute atomic E-state index is 0.0426. The van der Waals surface area contributed by atoms with Gasteiger partial charge in [-0.15, -0.1) is 0 Å². The maximum Gasteiger partial charge on any atom is 0.332 e. The predicted octanol–water partition coefficient (Wildman–Crippen LogP) is 1.01. The highest BCUT2D eigenvalue weighted by Gasteiger charge is 2.19. The van der Waals surface area contributed by atoms with E-state index in [1.165, 1.54) is 36.9 Å². The van der Waals surface area contributed by atoms with Gasteiger partial charge in [0.25, 0.3) is 5.56 Å². The number of fused-ring (bicyclic) bond motifs is 1. The number of aliphatic carboxylic acids is 1. The number of hydrogen-bond acceptors (Lipinski definition) is 6. The molecule has 0 spiro atoms. The van der Waals surface area contributed by atoms with Crippen LogP contribution in [0.4, 0.5) is 4.39 Å². The minimum atomic E-state index is -1.09. The van der Waals surface area contributed by atoms with Crippen LogP contribution < -0.4 is 11.2 Å². The topological polar surface area (TPSA) is 107 Å². The van der Waals surface area contributed by atoms with Crippen molar-refractivity contribution in [3.05, 3.63) is 50.9 Å². The molecule has 0 unspecified atom stereocenters. The van der Waals surface area contributed by atoms with Crippen LogP contribution in [0.25, 0.3) is 22.4 Å². The quantitative estimate of drug-likeness (QED) is 0.535. The van der Waals surface area contributed by atoms with Crippen LogP contribution in [0.3, 0.4) is 0 Å². The van der Waals surface area contributed by atoms with E-state index < -0.39 is 23.0 Å². The first-order valence-corrected chi connectivity index (χ1v) is 8.36. The first-order valence-electron chi connectivity index (χ1n) is 7.38. The summed E-state index contributed by atoms with van der Waals surface area (Å²) in [7, 11) is 2.76. The molecule has 134 valence electrons. The van der Waals surface area contributed by atoms with E-state index in [4.69, 9.17) is 5.11 Å². The number of halogens is 1. The fourth-order valence-electron chi connectivity index (χ4n) is 2.42. The lowest BCUT2D eigenvalue weighted by molar-refractivity contribution is -0.133. The summed E-state index contributed by atoms with van der Waals surface area (Å²) in [6.07, 6.45) is 0. The molecule has 26 heavy (non-hydrogen) atoms. The molecule has 0 amide bonds. The number of aryl methyl sites for hydroxylation is 1. The smallest absolute Gasteiger partial charge is 0.332 e. The van der Waals surface area contributed by atoms with Crippen LogP contribution in [-0.4, -0.2) is 35.9 Å². The van der Waals surface area contributed by atoms with Gasteiger partial charge in [0, 0.05) is 19.7 Å². The molecule has 0 aliphatic rings. The number of nitrogens with zero attached hydrogens (tertiary/aromatic N) is 4. The maximum absolute atomic E-state index is 13.5. The number of carboxylic acids is 1. The van der Waals surface area contributed by atoms with Crippen molar-refractivity contribution in [3.63, 3.8) is 0 Å². The SMILES string of the molecule is Cn1c(=O)c2c(SCC(=O)O)nc(-c3cccc(F)c3)nc2n(C)c1=O. The Morgan fingerprint density at radius 1 is 1.23 bits per heavy atom. The Morgan fingerprint density at radius 3 is 2.62 bits per heavy atom. The van der Waals surface area contributed by atoms with Crippen molar-refractivity contribution in [2.24, 2.45) is 14.1 Å². The molecule has 0 fully saturated rings. The molecule has 0 atom stereocenters. The first-order chi connectivity index (χ1) is 12.3. The van der Waals surface area contributed by atoms with Crippen molar-refractivity contribution >= 4 is 28.8 Å². The van der Waals surface area contributed by atoms with Crippen LogP contribution in [-0.2, 0) is 18.9 Å². The molecule has 10 heteroatoms. The zero-order valence-corrected chi connectivity index (χ0v) is 14.6. The van der Waals surface area contributed by atoms with Crippen LogP contribution in [0.1, 0.15) is 0 Å². The largest absolute Gasteiger partial charge is 0.481 e. The third-order valence-electron chi connectivity index (χ3n) is 3.68. The van der Waals surface area contributed by atoms with Crippen molar-refractivity contribution in [1.82, 2.24) is 19.1 Å². The van der Waals surface area contributed by atoms with Gasteiger partial charge in [0.05, 0.1) is 5.75 Å². The van der Waals surface area contributed by atoms with E-state index in [0.717, 1.165) is 16.3 Å². The second-order valence-corrected chi connectivity index (χ2v) is 6.41. The highest BCUT2D eigenvalue weighted by molar-refractivity contribution is 8.00. The monoisotopic (exact) mass is 376 g/mol. The summed E-state index contributed by atoms with van der Waals surface area (Å²) < 4.78 is 15.6. The maximum atomic E-state index is 13.5. The van der Waals surface area contributed by atoms with Crippen molar-refractivity contribution < 1.29 is 14.3 Å². The standard InChI is InChI=1S/C16H13FN4O4S/c1-20-13-11(15(24)21(2)16(20)25)14(26-7-10(22)23)19-12(18-13)8-4-3-5-9(17)6-8/h3-6H,7H2,1-2H3,(H,22,23). The zero-order chi connectivity index (χ0) is 19.0. The summed E-state index contributed by atoms with van der Waals surface area (Å²) in [6, 6.07) is 5.53. The fourth-order valence-corrected chi connectivity index (χ4v) is 3.15. The summed E-state index contributed by atoms with van der Waals surface area (Å²) >= 11 is 0.835. The molecule has 0 aliphatic carbocycles. The Balaban J connectivity index is 2.38. The van der Waals surface area contributed by atoms with Gasteiger partial charge < -0.3 is 5.11 Å². The molecule has 0 saturated heterocycles. The van der Waals surface area contributed by atoms with E-state index in [-0.39, 0.29) is 27.6 Å². The van der Waals surface area contributed by atoms with Gasteiger partial charge in [-0.1, -0.05) is 23.9 Å². The van der Waals surface area contributed by atoms with Gasteiger partial charge in [-0.05, 0) is 12.1 Å². The Morgan fingerprint density at radius 2 is 1.96 bits per heavy atom. The lowest BCUT2D eigenvalue weighted by Gasteiger charge is -2.11. The molecule has 1 aromatic carbocycles. The normalized spacial score (nSPS) is 11.0. The second-order valence-electron chi connectivity index (χ2n) is 5.45. The van der Waals surface area contributed by atoms with Crippen LogP contribution in [0.2, 0.25) is 0 Å². The molecule has 0 aliphatic heterocycles. The van der Waals surface area contributed by atoms with Gasteiger partial charge in [0.2, 0.25) is 0 Å². The van der Waals surface area contributed by atoms with Gasteiger partial charge in [-0.25, -0.2) is 19.2 Å². The van der Waals surface area contributed by atoms with Crippen LogP contribution in [0.5, 0.6) is 0 Å². The molecular formula is C16H13FN4O4S. The number of aromatic nitrogens is 4. The molecule has 2 heterocycles. The third kappa shape index (κ3) is 3.10.